The molecule has 2 aromatic rings. The van der Waals surface area contributed by atoms with Gasteiger partial charge in [0.2, 0.25) is 0 Å². The van der Waals surface area contributed by atoms with Crippen molar-refractivity contribution in [1.29, 1.82) is 0 Å². The molecule has 0 aliphatic carbocycles. The lowest BCUT2D eigenvalue weighted by Crippen LogP contribution is -2.47. The minimum atomic E-state index is -1.59. The van der Waals surface area contributed by atoms with Gasteiger partial charge in [0.25, 0.3) is 0 Å². The van der Waals surface area contributed by atoms with E-state index in [1.54, 1.807) is 0 Å². The van der Waals surface area contributed by atoms with E-state index >= 15 is 0 Å². The molecular weight excluding hydrogens is 288 g/mol. The molecule has 4 heteroatoms. The number of rotatable bonds is 2. The zero-order valence-electron chi connectivity index (χ0n) is 13.7. The summed E-state index contributed by atoms with van der Waals surface area (Å²) in [5, 5.41) is 0. The highest BCUT2D eigenvalue weighted by atomic mass is 28.4. The van der Waals surface area contributed by atoms with Gasteiger partial charge in [-0.05, 0) is 36.7 Å². The fourth-order valence-corrected chi connectivity index (χ4v) is 5.74. The van der Waals surface area contributed by atoms with Gasteiger partial charge in [-0.3, -0.25) is 0 Å². The molecule has 0 unspecified atom stereocenters. The molecule has 0 bridgehead atoms. The Balaban J connectivity index is 0.00000121. The molecule has 1 fully saturated rings. The van der Waals surface area contributed by atoms with Crippen LogP contribution in [0.25, 0.3) is 0 Å². The highest BCUT2D eigenvalue weighted by molar-refractivity contribution is 6.71. The maximum absolute atomic E-state index is 6.77. The summed E-state index contributed by atoms with van der Waals surface area (Å²) in [6.45, 7) is 4.68. The molecule has 0 saturated carbocycles. The smallest absolute Gasteiger partial charge is 0.188 e. The monoisotopic (exact) mass is 316 g/mol. The van der Waals surface area contributed by atoms with Gasteiger partial charge in [0.15, 0.2) is 8.32 Å². The molecule has 1 heterocycles. The molecule has 0 spiro atoms. The Labute approximate surface area is 135 Å². The standard InChI is InChI=1S/C18H22OSi.2H3N/c1-20(2)15-9-14-18(19-20,16-10-5-3-6-11-16)17-12-7-4-8-13-17;;/h3-8,10-13H,9,14-15H2,1-2H3;2*1H3. The fraction of sp³-hybridized carbons (Fsp3) is 0.333. The van der Waals surface area contributed by atoms with Gasteiger partial charge in [-0.15, -0.1) is 0 Å². The maximum atomic E-state index is 6.77. The summed E-state index contributed by atoms with van der Waals surface area (Å²) in [7, 11) is -1.59. The molecule has 0 aromatic heterocycles. The molecule has 3 nitrogen and oxygen atoms in total. The van der Waals surface area contributed by atoms with Crippen molar-refractivity contribution in [2.24, 2.45) is 0 Å². The molecule has 1 saturated heterocycles. The molecule has 0 amide bonds. The first-order valence-electron chi connectivity index (χ1n) is 7.44. The Bertz CT molecular complexity index is 533. The van der Waals surface area contributed by atoms with Crippen molar-refractivity contribution in [3.05, 3.63) is 71.8 Å². The van der Waals surface area contributed by atoms with Gasteiger partial charge in [-0.25, -0.2) is 0 Å². The van der Waals surface area contributed by atoms with E-state index in [2.05, 4.69) is 73.8 Å². The van der Waals surface area contributed by atoms with Crippen LogP contribution >= 0.6 is 0 Å². The first-order chi connectivity index (χ1) is 9.62. The van der Waals surface area contributed by atoms with E-state index in [0.717, 1.165) is 6.42 Å². The first kappa shape index (κ1) is 18.6. The lowest BCUT2D eigenvalue weighted by atomic mass is 9.83. The molecular formula is C18H28N2OSi. The van der Waals surface area contributed by atoms with Gasteiger partial charge in [0, 0.05) is 0 Å². The van der Waals surface area contributed by atoms with Crippen LogP contribution in [-0.4, -0.2) is 8.32 Å². The van der Waals surface area contributed by atoms with Crippen LogP contribution in [0.1, 0.15) is 24.0 Å². The topological polar surface area (TPSA) is 79.2 Å². The van der Waals surface area contributed by atoms with E-state index in [4.69, 9.17) is 4.43 Å². The highest BCUT2D eigenvalue weighted by Crippen LogP contribution is 2.45. The van der Waals surface area contributed by atoms with Gasteiger partial charge in [-0.1, -0.05) is 67.1 Å². The summed E-state index contributed by atoms with van der Waals surface area (Å²) >= 11 is 0. The van der Waals surface area contributed by atoms with Crippen LogP contribution in [0.5, 0.6) is 0 Å². The van der Waals surface area contributed by atoms with Crippen molar-refractivity contribution in [3.8, 4) is 0 Å². The van der Waals surface area contributed by atoms with Crippen LogP contribution in [0.15, 0.2) is 60.7 Å². The average molecular weight is 317 g/mol. The first-order valence-corrected chi connectivity index (χ1v) is 10.6. The molecule has 120 valence electrons. The van der Waals surface area contributed by atoms with Crippen LogP contribution in [0.2, 0.25) is 19.1 Å². The Morgan fingerprint density at radius 1 is 0.818 bits per heavy atom. The van der Waals surface area contributed by atoms with Crippen molar-refractivity contribution >= 4 is 8.32 Å². The summed E-state index contributed by atoms with van der Waals surface area (Å²) in [6, 6.07) is 22.7. The van der Waals surface area contributed by atoms with Crippen LogP contribution < -0.4 is 12.3 Å². The molecule has 1 aliphatic heterocycles. The van der Waals surface area contributed by atoms with Gasteiger partial charge in [0.05, 0.1) is 0 Å². The summed E-state index contributed by atoms with van der Waals surface area (Å²) in [4.78, 5) is 0. The van der Waals surface area contributed by atoms with Crippen molar-refractivity contribution in [2.75, 3.05) is 0 Å². The molecule has 0 radical (unpaired) electrons. The van der Waals surface area contributed by atoms with E-state index in [9.17, 15) is 0 Å². The molecule has 3 rings (SSSR count). The van der Waals surface area contributed by atoms with E-state index in [1.807, 2.05) is 0 Å². The lowest BCUT2D eigenvalue weighted by molar-refractivity contribution is 0.0723. The Hall–Kier alpha value is -1.46. The number of hydrogen-bond donors (Lipinski definition) is 2. The van der Waals surface area contributed by atoms with Crippen molar-refractivity contribution < 1.29 is 4.43 Å². The second kappa shape index (κ2) is 7.20. The summed E-state index contributed by atoms with van der Waals surface area (Å²) < 4.78 is 6.77. The third-order valence-electron chi connectivity index (χ3n) is 4.24. The number of hydrogen-bond acceptors (Lipinski definition) is 3. The van der Waals surface area contributed by atoms with E-state index in [0.29, 0.717) is 0 Å². The summed E-state index contributed by atoms with van der Waals surface area (Å²) in [6.07, 6.45) is 2.33. The zero-order valence-corrected chi connectivity index (χ0v) is 14.7. The third kappa shape index (κ3) is 3.47. The maximum Gasteiger partial charge on any atom is 0.188 e. The summed E-state index contributed by atoms with van der Waals surface area (Å²) in [5.41, 5.74) is 2.36. The molecule has 0 atom stereocenters. The Morgan fingerprint density at radius 3 is 1.68 bits per heavy atom. The van der Waals surface area contributed by atoms with Crippen LogP contribution in [0, 0.1) is 0 Å². The molecule has 6 N–H and O–H groups in total. The van der Waals surface area contributed by atoms with Crippen LogP contribution in [0.4, 0.5) is 0 Å². The van der Waals surface area contributed by atoms with Crippen LogP contribution in [-0.2, 0) is 10.0 Å². The van der Waals surface area contributed by atoms with Crippen molar-refractivity contribution in [3.63, 3.8) is 0 Å². The van der Waals surface area contributed by atoms with Crippen molar-refractivity contribution in [2.45, 2.75) is 37.6 Å². The molecule has 2 aromatic carbocycles. The Kier molecular flexibility index (Phi) is 6.08. The highest BCUT2D eigenvalue weighted by Gasteiger charge is 2.44. The average Bonchev–Trinajstić information content (AvgIpc) is 2.48. The van der Waals surface area contributed by atoms with Crippen molar-refractivity contribution in [1.82, 2.24) is 12.3 Å². The van der Waals surface area contributed by atoms with Gasteiger partial charge < -0.3 is 16.7 Å². The quantitative estimate of drug-likeness (QED) is 0.741. The Morgan fingerprint density at radius 2 is 1.27 bits per heavy atom. The zero-order chi connectivity index (χ0) is 14.1. The van der Waals surface area contributed by atoms with Gasteiger partial charge >= 0.3 is 0 Å². The summed E-state index contributed by atoms with van der Waals surface area (Å²) in [5.74, 6) is 0. The SMILES string of the molecule is C[Si]1(C)CCCC(c2ccccc2)(c2ccccc2)O1.N.N. The minimum Gasteiger partial charge on any atom is -0.404 e. The predicted octanol–water partition coefficient (Wildman–Crippen LogP) is 5.27. The van der Waals surface area contributed by atoms with E-state index in [1.165, 1.54) is 23.6 Å². The molecule has 1 aliphatic rings. The normalized spacial score (nSPS) is 18.6. The fourth-order valence-electron chi connectivity index (χ4n) is 3.32. The van der Waals surface area contributed by atoms with Gasteiger partial charge in [-0.2, -0.15) is 0 Å². The van der Waals surface area contributed by atoms with E-state index < -0.39 is 8.32 Å². The second-order valence-corrected chi connectivity index (χ2v) is 10.5. The van der Waals surface area contributed by atoms with Gasteiger partial charge in [0.1, 0.15) is 5.60 Å². The second-order valence-electron chi connectivity index (χ2n) is 6.27. The molecule has 22 heavy (non-hydrogen) atoms. The largest absolute Gasteiger partial charge is 0.404 e. The minimum absolute atomic E-state index is 0. The van der Waals surface area contributed by atoms with Crippen LogP contribution in [0.3, 0.4) is 0 Å². The van der Waals surface area contributed by atoms with E-state index in [-0.39, 0.29) is 17.9 Å². The third-order valence-corrected chi connectivity index (χ3v) is 6.70. The number of benzene rings is 2. The predicted molar refractivity (Wildman–Crippen MR) is 96.3 cm³/mol. The lowest BCUT2D eigenvalue weighted by Gasteiger charge is -2.45.